The first kappa shape index (κ1) is 37.7. The molecule has 2 saturated heterocycles. The maximum atomic E-state index is 13.9. The van der Waals surface area contributed by atoms with Gasteiger partial charge >= 0.3 is 12.4 Å². The smallest absolute Gasteiger partial charge is 0.393 e. The van der Waals surface area contributed by atoms with Gasteiger partial charge in [0.25, 0.3) is 5.91 Å². The van der Waals surface area contributed by atoms with Crippen LogP contribution in [0.1, 0.15) is 59.7 Å². The van der Waals surface area contributed by atoms with E-state index in [0.29, 0.717) is 56.1 Å². The molecule has 4 aromatic rings. The van der Waals surface area contributed by atoms with Crippen LogP contribution in [0.25, 0.3) is 11.1 Å². The first-order valence-electron chi connectivity index (χ1n) is 17.2. The second-order valence-corrected chi connectivity index (χ2v) is 13.6. The van der Waals surface area contributed by atoms with Crippen LogP contribution >= 0.6 is 0 Å². The molecule has 2 fully saturated rings. The third-order valence-electron chi connectivity index (χ3n) is 9.65. The molecule has 0 saturated carbocycles. The fraction of sp³-hybridized carbons (Fsp3) is 0.486. The van der Waals surface area contributed by atoms with Crippen LogP contribution in [-0.2, 0) is 25.9 Å². The number of anilines is 3. The topological polar surface area (TPSA) is 120 Å². The Hall–Kier alpha value is -5.00. The van der Waals surface area contributed by atoms with Crippen molar-refractivity contribution in [1.29, 1.82) is 0 Å². The molecule has 0 spiro atoms. The van der Waals surface area contributed by atoms with Crippen molar-refractivity contribution >= 4 is 23.6 Å². The number of amides is 1. The monoisotopic (exact) mass is 746 g/mol. The zero-order valence-corrected chi connectivity index (χ0v) is 29.6. The summed E-state index contributed by atoms with van der Waals surface area (Å²) in [5.74, 6) is 0.509. The van der Waals surface area contributed by atoms with E-state index in [9.17, 15) is 36.2 Å². The SMILES string of the molecule is CCC1CC(N(Cc2cc(C(F)(F)F)cc(C(F)(F)F)c2)c2ncc(-c3cnn(C)c3)cn2)CN1c1nc(N2CCC(O)CC2)ncc1C(=O)N(C)C. The highest BCUT2D eigenvalue weighted by Crippen LogP contribution is 2.39. The van der Waals surface area contributed by atoms with Crippen molar-refractivity contribution in [3.63, 3.8) is 0 Å². The highest BCUT2D eigenvalue weighted by Gasteiger charge is 2.41. The molecule has 2 aliphatic heterocycles. The number of rotatable bonds is 9. The summed E-state index contributed by atoms with van der Waals surface area (Å²) < 4.78 is 85.1. The van der Waals surface area contributed by atoms with Crippen molar-refractivity contribution in [2.75, 3.05) is 48.4 Å². The highest BCUT2D eigenvalue weighted by atomic mass is 19.4. The molecule has 2 atom stereocenters. The number of nitrogens with zero attached hydrogens (tertiary/aromatic N) is 10. The van der Waals surface area contributed by atoms with E-state index in [1.165, 1.54) is 23.5 Å². The largest absolute Gasteiger partial charge is 0.416 e. The Kier molecular flexibility index (Phi) is 10.5. The number of aryl methyl sites for hydroxylation is 1. The minimum absolute atomic E-state index is 0.102. The summed E-state index contributed by atoms with van der Waals surface area (Å²) in [6.45, 7) is 2.80. The van der Waals surface area contributed by atoms with E-state index >= 15 is 0 Å². The number of hydrogen-bond donors (Lipinski definition) is 1. The number of carbonyl (C=O) groups is 1. The van der Waals surface area contributed by atoms with Crippen LogP contribution in [0.15, 0.2) is 49.2 Å². The van der Waals surface area contributed by atoms with Crippen LogP contribution in [0.5, 0.6) is 0 Å². The Labute approximate surface area is 302 Å². The maximum Gasteiger partial charge on any atom is 0.416 e. The van der Waals surface area contributed by atoms with E-state index in [1.54, 1.807) is 43.1 Å². The van der Waals surface area contributed by atoms with Crippen molar-refractivity contribution < 1.29 is 36.2 Å². The summed E-state index contributed by atoms with van der Waals surface area (Å²) >= 11 is 0. The number of benzene rings is 1. The lowest BCUT2D eigenvalue weighted by atomic mass is 10.0. The molecular formula is C35H40F6N10O2. The van der Waals surface area contributed by atoms with Crippen LogP contribution < -0.4 is 14.7 Å². The van der Waals surface area contributed by atoms with Gasteiger partial charge in [-0.1, -0.05) is 6.92 Å². The Bertz CT molecular complexity index is 1880. The number of aromatic nitrogens is 6. The second-order valence-electron chi connectivity index (χ2n) is 13.6. The Morgan fingerprint density at radius 1 is 0.925 bits per heavy atom. The van der Waals surface area contributed by atoms with Gasteiger partial charge in [0.15, 0.2) is 0 Å². The molecule has 3 aromatic heterocycles. The molecule has 6 rings (SSSR count). The molecule has 0 aliphatic carbocycles. The lowest BCUT2D eigenvalue weighted by molar-refractivity contribution is -0.143. The summed E-state index contributed by atoms with van der Waals surface area (Å²) in [5, 5.41) is 14.2. The van der Waals surface area contributed by atoms with Crippen molar-refractivity contribution in [2.45, 2.75) is 69.7 Å². The zero-order valence-electron chi connectivity index (χ0n) is 29.6. The van der Waals surface area contributed by atoms with E-state index in [2.05, 4.69) is 20.1 Å². The van der Waals surface area contributed by atoms with Gasteiger partial charge in [0, 0.05) is 89.3 Å². The standard InChI is InChI=1S/C35H40F6N10O2/c1-5-26-13-27(20-50(26)30-29(31(53)47(2)3)17-44-33(46-30)49-8-6-28(52)7-9-49)51(32-42-14-22(15-43-32)23-16-45-48(4)19-23)18-21-10-24(34(36,37)38)12-25(11-21)35(39,40)41/h10-12,14-17,19,26-28,52H,5-9,13,18,20H2,1-4H3. The van der Waals surface area contributed by atoms with Gasteiger partial charge in [-0.25, -0.2) is 15.0 Å². The van der Waals surface area contributed by atoms with Gasteiger partial charge in [-0.05, 0) is 49.4 Å². The zero-order chi connectivity index (χ0) is 38.2. The van der Waals surface area contributed by atoms with E-state index in [0.717, 1.165) is 17.7 Å². The fourth-order valence-electron chi connectivity index (χ4n) is 6.82. The van der Waals surface area contributed by atoms with E-state index in [4.69, 9.17) is 4.98 Å². The van der Waals surface area contributed by atoms with Gasteiger partial charge in [0.1, 0.15) is 11.4 Å². The van der Waals surface area contributed by atoms with E-state index in [1.807, 2.05) is 16.7 Å². The third kappa shape index (κ3) is 8.31. The van der Waals surface area contributed by atoms with Crippen LogP contribution in [0.4, 0.5) is 44.1 Å². The quantitative estimate of drug-likeness (QED) is 0.222. The number of halogens is 6. The van der Waals surface area contributed by atoms with Crippen LogP contribution in [-0.4, -0.2) is 97.5 Å². The minimum Gasteiger partial charge on any atom is -0.393 e. The molecule has 2 aliphatic rings. The number of aliphatic hydroxyl groups excluding tert-OH is 1. The highest BCUT2D eigenvalue weighted by molar-refractivity contribution is 5.98. The number of hydrogen-bond acceptors (Lipinski definition) is 10. The minimum atomic E-state index is -5.02. The van der Waals surface area contributed by atoms with Crippen LogP contribution in [0, 0.1) is 0 Å². The fourth-order valence-corrected chi connectivity index (χ4v) is 6.82. The normalized spacial score (nSPS) is 18.5. The van der Waals surface area contributed by atoms with Gasteiger partial charge < -0.3 is 24.7 Å². The van der Waals surface area contributed by atoms with Gasteiger partial charge in [0.05, 0.1) is 29.5 Å². The molecule has 2 unspecified atom stereocenters. The number of alkyl halides is 6. The molecule has 0 radical (unpaired) electrons. The second kappa shape index (κ2) is 14.8. The molecule has 0 bridgehead atoms. The first-order chi connectivity index (χ1) is 25.0. The molecular weight excluding hydrogens is 706 g/mol. The molecule has 18 heteroatoms. The van der Waals surface area contributed by atoms with Crippen molar-refractivity contribution in [3.8, 4) is 11.1 Å². The van der Waals surface area contributed by atoms with E-state index in [-0.39, 0.29) is 48.2 Å². The van der Waals surface area contributed by atoms with Gasteiger partial charge in [-0.3, -0.25) is 9.48 Å². The summed E-state index contributed by atoms with van der Waals surface area (Å²) in [4.78, 5) is 38.8. The van der Waals surface area contributed by atoms with Gasteiger partial charge in [0.2, 0.25) is 11.9 Å². The summed E-state index contributed by atoms with van der Waals surface area (Å²) in [6.07, 6.45) is -0.518. The average Bonchev–Trinajstić information content (AvgIpc) is 3.76. The molecule has 53 heavy (non-hydrogen) atoms. The predicted molar refractivity (Wildman–Crippen MR) is 184 cm³/mol. The molecule has 5 heterocycles. The maximum absolute atomic E-state index is 13.9. The summed E-state index contributed by atoms with van der Waals surface area (Å²) in [6, 6.07) is 0.784. The lowest BCUT2D eigenvalue weighted by Crippen LogP contribution is -2.40. The number of piperidine rings is 1. The Balaban J connectivity index is 1.41. The van der Waals surface area contributed by atoms with Gasteiger partial charge in [-0.2, -0.15) is 36.4 Å². The third-order valence-corrected chi connectivity index (χ3v) is 9.65. The summed E-state index contributed by atoms with van der Waals surface area (Å²) in [5.41, 5.74) is -1.48. The molecule has 12 nitrogen and oxygen atoms in total. The van der Waals surface area contributed by atoms with Crippen molar-refractivity contribution in [1.82, 2.24) is 34.6 Å². The first-order valence-corrected chi connectivity index (χ1v) is 17.2. The number of aliphatic hydroxyl groups is 1. The number of carbonyl (C=O) groups excluding carboxylic acids is 1. The van der Waals surface area contributed by atoms with Crippen LogP contribution in [0.2, 0.25) is 0 Å². The van der Waals surface area contributed by atoms with E-state index < -0.39 is 35.6 Å². The average molecular weight is 747 g/mol. The predicted octanol–water partition coefficient (Wildman–Crippen LogP) is 5.43. The molecule has 1 amide bonds. The van der Waals surface area contributed by atoms with Crippen molar-refractivity contribution in [3.05, 3.63) is 71.4 Å². The summed E-state index contributed by atoms with van der Waals surface area (Å²) in [7, 11) is 4.96. The van der Waals surface area contributed by atoms with Gasteiger partial charge in [-0.15, -0.1) is 0 Å². The molecule has 1 N–H and O–H groups in total. The van der Waals surface area contributed by atoms with Crippen LogP contribution in [0.3, 0.4) is 0 Å². The Morgan fingerprint density at radius 3 is 2.11 bits per heavy atom. The molecule has 1 aromatic carbocycles. The van der Waals surface area contributed by atoms with Crippen molar-refractivity contribution in [2.24, 2.45) is 7.05 Å². The lowest BCUT2D eigenvalue weighted by Gasteiger charge is -2.32. The molecule has 284 valence electrons. The Morgan fingerprint density at radius 2 is 1.57 bits per heavy atom.